The van der Waals surface area contributed by atoms with Crippen LogP contribution in [-0.2, 0) is 16.6 Å². The van der Waals surface area contributed by atoms with E-state index in [1.165, 1.54) is 6.92 Å². The molecule has 1 N–H and O–H groups in total. The van der Waals surface area contributed by atoms with E-state index in [0.29, 0.717) is 34.8 Å². The van der Waals surface area contributed by atoms with Gasteiger partial charge in [-0.15, -0.1) is 0 Å². The normalized spacial score (nSPS) is 11.6. The summed E-state index contributed by atoms with van der Waals surface area (Å²) in [5, 5.41) is 3.81. The standard InChI is InChI=1S/C25H26N4O4S/c1-15-16(2)27-33-25(15)28-34(31,32)23-9-7-6-8-22(23)21-12-10-20(11-13-21)14-29-19(5)26-17(3)24(29)18(4)30/h6-13,28H,14H2,1-5H3. The predicted octanol–water partition coefficient (Wildman–Crippen LogP) is 4.82. The Bertz CT molecular complexity index is 1480. The van der Waals surface area contributed by atoms with Gasteiger partial charge in [-0.25, -0.2) is 18.1 Å². The first-order chi connectivity index (χ1) is 16.1. The lowest BCUT2D eigenvalue weighted by Gasteiger charge is -2.13. The smallest absolute Gasteiger partial charge is 0.264 e. The Morgan fingerprint density at radius 1 is 1.00 bits per heavy atom. The number of hydrogen-bond donors (Lipinski definition) is 1. The number of Topliss-reactive ketones (excluding diaryl/α,β-unsaturated/α-hetero) is 1. The Morgan fingerprint density at radius 3 is 2.29 bits per heavy atom. The van der Waals surface area contributed by atoms with E-state index < -0.39 is 10.0 Å². The molecule has 9 heteroatoms. The van der Waals surface area contributed by atoms with E-state index in [-0.39, 0.29) is 16.6 Å². The molecular weight excluding hydrogens is 452 g/mol. The largest absolute Gasteiger partial charge is 0.337 e. The summed E-state index contributed by atoms with van der Waals surface area (Å²) in [6.45, 7) is 9.23. The number of sulfonamides is 1. The van der Waals surface area contributed by atoms with Crippen LogP contribution in [0.25, 0.3) is 11.1 Å². The number of rotatable bonds is 7. The SMILES string of the molecule is CC(=O)c1c(C)nc(C)n1Cc1ccc(-c2ccccc2S(=O)(=O)Nc2onc(C)c2C)cc1. The minimum absolute atomic E-state index is 0.0291. The van der Waals surface area contributed by atoms with E-state index in [1.54, 1.807) is 38.1 Å². The first kappa shape index (κ1) is 23.4. The van der Waals surface area contributed by atoms with E-state index in [0.717, 1.165) is 17.0 Å². The number of aryl methyl sites for hydroxylation is 3. The van der Waals surface area contributed by atoms with Gasteiger partial charge < -0.3 is 9.09 Å². The summed E-state index contributed by atoms with van der Waals surface area (Å²) in [5.41, 5.74) is 4.86. The molecule has 0 aliphatic heterocycles. The lowest BCUT2D eigenvalue weighted by molar-refractivity contribution is 0.100. The van der Waals surface area contributed by atoms with Gasteiger partial charge in [0.15, 0.2) is 5.78 Å². The van der Waals surface area contributed by atoms with Crippen molar-refractivity contribution in [1.82, 2.24) is 14.7 Å². The van der Waals surface area contributed by atoms with Crippen LogP contribution in [0.15, 0.2) is 57.9 Å². The summed E-state index contributed by atoms with van der Waals surface area (Å²) < 4.78 is 35.9. The summed E-state index contributed by atoms with van der Waals surface area (Å²) in [6, 6.07) is 14.4. The van der Waals surface area contributed by atoms with Gasteiger partial charge in [-0.3, -0.25) is 4.79 Å². The highest BCUT2D eigenvalue weighted by Gasteiger charge is 2.23. The first-order valence-corrected chi connectivity index (χ1v) is 12.3. The van der Waals surface area contributed by atoms with Crippen molar-refractivity contribution in [3.8, 4) is 11.1 Å². The van der Waals surface area contributed by atoms with Crippen molar-refractivity contribution in [2.75, 3.05) is 4.72 Å². The molecule has 0 fully saturated rings. The zero-order valence-corrected chi connectivity index (χ0v) is 20.5. The van der Waals surface area contributed by atoms with Gasteiger partial charge in [0.25, 0.3) is 10.0 Å². The third-order valence-electron chi connectivity index (χ3n) is 5.83. The fourth-order valence-electron chi connectivity index (χ4n) is 3.95. The van der Waals surface area contributed by atoms with Crippen molar-refractivity contribution in [2.24, 2.45) is 0 Å². The third kappa shape index (κ3) is 4.38. The number of ketones is 1. The van der Waals surface area contributed by atoms with Crippen molar-refractivity contribution in [1.29, 1.82) is 0 Å². The topological polar surface area (TPSA) is 107 Å². The maximum atomic E-state index is 13.2. The fraction of sp³-hybridized carbons (Fsp3) is 0.240. The first-order valence-electron chi connectivity index (χ1n) is 10.8. The Balaban J connectivity index is 1.65. The minimum Gasteiger partial charge on any atom is -0.337 e. The van der Waals surface area contributed by atoms with Gasteiger partial charge in [-0.2, -0.15) is 0 Å². The molecule has 0 bridgehead atoms. The molecule has 4 rings (SSSR count). The van der Waals surface area contributed by atoms with E-state index >= 15 is 0 Å². The number of nitrogens with one attached hydrogen (secondary N) is 1. The van der Waals surface area contributed by atoms with E-state index in [4.69, 9.17) is 4.52 Å². The van der Waals surface area contributed by atoms with Gasteiger partial charge >= 0.3 is 0 Å². The van der Waals surface area contributed by atoms with Crippen LogP contribution in [0.1, 0.15) is 45.8 Å². The molecule has 0 saturated heterocycles. The quantitative estimate of drug-likeness (QED) is 0.382. The summed E-state index contributed by atoms with van der Waals surface area (Å²) in [4.78, 5) is 16.6. The second-order valence-corrected chi connectivity index (χ2v) is 9.91. The zero-order valence-electron chi connectivity index (χ0n) is 19.7. The Hall–Kier alpha value is -3.72. The van der Waals surface area contributed by atoms with Crippen molar-refractivity contribution in [3.05, 3.63) is 82.6 Å². The van der Waals surface area contributed by atoms with Crippen LogP contribution in [0.3, 0.4) is 0 Å². The van der Waals surface area contributed by atoms with Gasteiger partial charge in [0.2, 0.25) is 5.88 Å². The van der Waals surface area contributed by atoms with Crippen LogP contribution in [0.2, 0.25) is 0 Å². The van der Waals surface area contributed by atoms with Crippen LogP contribution in [0, 0.1) is 27.7 Å². The molecule has 0 radical (unpaired) electrons. The third-order valence-corrected chi connectivity index (χ3v) is 7.22. The Kier molecular flexibility index (Phi) is 6.14. The van der Waals surface area contributed by atoms with Crippen molar-refractivity contribution >= 4 is 21.7 Å². The molecule has 0 amide bonds. The molecule has 2 heterocycles. The number of imidazole rings is 1. The zero-order chi connectivity index (χ0) is 24.6. The number of hydrogen-bond acceptors (Lipinski definition) is 6. The van der Waals surface area contributed by atoms with Crippen LogP contribution in [0.4, 0.5) is 5.88 Å². The van der Waals surface area contributed by atoms with Gasteiger partial charge in [0, 0.05) is 24.6 Å². The average Bonchev–Trinajstić information content (AvgIpc) is 3.26. The number of aromatic nitrogens is 3. The van der Waals surface area contributed by atoms with E-state index in [2.05, 4.69) is 14.9 Å². The van der Waals surface area contributed by atoms with Crippen molar-refractivity contribution < 1.29 is 17.7 Å². The second-order valence-electron chi connectivity index (χ2n) is 8.26. The highest BCUT2D eigenvalue weighted by Crippen LogP contribution is 2.30. The molecule has 176 valence electrons. The molecule has 4 aromatic rings. The summed E-state index contributed by atoms with van der Waals surface area (Å²) in [7, 11) is -3.91. The predicted molar refractivity (Wildman–Crippen MR) is 129 cm³/mol. The minimum atomic E-state index is -3.91. The molecule has 2 aromatic heterocycles. The lowest BCUT2D eigenvalue weighted by atomic mass is 10.0. The molecule has 2 aromatic carbocycles. The molecule has 8 nitrogen and oxygen atoms in total. The molecule has 0 aliphatic carbocycles. The Morgan fingerprint density at radius 2 is 1.68 bits per heavy atom. The van der Waals surface area contributed by atoms with Crippen LogP contribution in [0.5, 0.6) is 0 Å². The number of carbonyl (C=O) groups is 1. The van der Waals surface area contributed by atoms with Crippen LogP contribution < -0.4 is 4.72 Å². The highest BCUT2D eigenvalue weighted by atomic mass is 32.2. The average molecular weight is 479 g/mol. The number of anilines is 1. The van der Waals surface area contributed by atoms with E-state index in [9.17, 15) is 13.2 Å². The van der Waals surface area contributed by atoms with Crippen molar-refractivity contribution in [3.63, 3.8) is 0 Å². The molecule has 0 aliphatic rings. The number of carbonyl (C=O) groups excluding carboxylic acids is 1. The van der Waals surface area contributed by atoms with Crippen LogP contribution >= 0.6 is 0 Å². The van der Waals surface area contributed by atoms with Gasteiger partial charge in [0.05, 0.1) is 16.3 Å². The molecular formula is C25H26N4O4S. The maximum absolute atomic E-state index is 13.2. The van der Waals surface area contributed by atoms with Crippen molar-refractivity contribution in [2.45, 2.75) is 46.1 Å². The molecule has 34 heavy (non-hydrogen) atoms. The maximum Gasteiger partial charge on any atom is 0.264 e. The molecule has 0 atom stereocenters. The summed E-state index contributed by atoms with van der Waals surface area (Å²) in [6.07, 6.45) is 0. The molecule has 0 spiro atoms. The van der Waals surface area contributed by atoms with Crippen LogP contribution in [-0.4, -0.2) is 28.9 Å². The molecule has 0 unspecified atom stereocenters. The second kappa shape index (κ2) is 8.90. The highest BCUT2D eigenvalue weighted by molar-refractivity contribution is 7.92. The van der Waals surface area contributed by atoms with Gasteiger partial charge in [-0.05, 0) is 44.9 Å². The van der Waals surface area contributed by atoms with E-state index in [1.807, 2.05) is 42.7 Å². The number of nitrogens with zero attached hydrogens (tertiary/aromatic N) is 3. The summed E-state index contributed by atoms with van der Waals surface area (Å²) in [5.74, 6) is 0.848. The van der Waals surface area contributed by atoms with Gasteiger partial charge in [-0.1, -0.05) is 47.6 Å². The number of benzene rings is 2. The molecule has 0 saturated carbocycles. The monoisotopic (exact) mass is 478 g/mol. The summed E-state index contributed by atoms with van der Waals surface area (Å²) >= 11 is 0. The Labute approximate surface area is 198 Å². The van der Waals surface area contributed by atoms with Gasteiger partial charge in [0.1, 0.15) is 11.5 Å². The fourth-order valence-corrected chi connectivity index (χ4v) is 5.23. The lowest BCUT2D eigenvalue weighted by Crippen LogP contribution is -2.14.